The fraction of sp³-hybridized carbons (Fsp3) is 0.346. The van der Waals surface area contributed by atoms with Crippen LogP contribution in [0.2, 0.25) is 0 Å². The summed E-state index contributed by atoms with van der Waals surface area (Å²) in [6.45, 7) is 11.2. The van der Waals surface area contributed by atoms with Crippen LogP contribution in [0, 0.1) is 18.3 Å². The molecule has 0 radical (unpaired) electrons. The van der Waals surface area contributed by atoms with E-state index in [0.29, 0.717) is 33.1 Å². The number of benzene rings is 2. The van der Waals surface area contributed by atoms with Crippen LogP contribution in [-0.2, 0) is 4.74 Å². The molecule has 0 fully saturated rings. The second kappa shape index (κ2) is 9.72. The Labute approximate surface area is 197 Å². The van der Waals surface area contributed by atoms with Crippen LogP contribution in [0.15, 0.2) is 50.7 Å². The summed E-state index contributed by atoms with van der Waals surface area (Å²) in [6, 6.07) is 12.5. The number of carbonyl (C=O) groups excluding carboxylic acids is 1. The van der Waals surface area contributed by atoms with Crippen LogP contribution in [0.3, 0.4) is 0 Å². The van der Waals surface area contributed by atoms with Gasteiger partial charge in [0.25, 0.3) is 0 Å². The summed E-state index contributed by atoms with van der Waals surface area (Å²) in [7, 11) is 0. The quantitative estimate of drug-likeness (QED) is 0.342. The monoisotopic (exact) mass is 464 g/mol. The molecule has 0 saturated carbocycles. The van der Waals surface area contributed by atoms with Crippen LogP contribution < -0.4 is 10.7 Å². The molecule has 33 heavy (non-hydrogen) atoms. The molecule has 172 valence electrons. The maximum absolute atomic E-state index is 13.0. The molecular weight excluding hydrogens is 436 g/mol. The lowest BCUT2D eigenvalue weighted by Crippen LogP contribution is -2.24. The first kappa shape index (κ1) is 24.4. The van der Waals surface area contributed by atoms with Crippen molar-refractivity contribution in [2.75, 3.05) is 11.1 Å². The molecular formula is C26H28N2O4S. The molecule has 1 atom stereocenters. The van der Waals surface area contributed by atoms with Crippen molar-refractivity contribution in [1.82, 2.24) is 0 Å². The topological polar surface area (TPSA) is 92.3 Å². The zero-order valence-corrected chi connectivity index (χ0v) is 20.6. The molecule has 1 heterocycles. The van der Waals surface area contributed by atoms with E-state index in [2.05, 4.69) is 5.32 Å². The van der Waals surface area contributed by atoms with E-state index >= 15 is 0 Å². The molecule has 3 aromatic rings. The minimum absolute atomic E-state index is 0.0294. The molecule has 1 unspecified atom stereocenters. The fourth-order valence-corrected chi connectivity index (χ4v) is 4.22. The van der Waals surface area contributed by atoms with E-state index in [-0.39, 0.29) is 17.0 Å². The minimum Gasteiger partial charge on any atom is -0.456 e. The van der Waals surface area contributed by atoms with E-state index in [1.54, 1.807) is 18.2 Å². The Bertz CT molecular complexity index is 1300. The third kappa shape index (κ3) is 5.40. The molecule has 1 N–H and O–H groups in total. The molecule has 0 aliphatic carbocycles. The van der Waals surface area contributed by atoms with E-state index in [1.807, 2.05) is 65.8 Å². The number of esters is 1. The van der Waals surface area contributed by atoms with Crippen LogP contribution in [0.25, 0.3) is 11.0 Å². The second-order valence-electron chi connectivity index (χ2n) is 8.78. The SMILES string of the molecule is CCSc1oc2c(C(C)Nc3ccccc3C(=O)OC(C)(C)C)cc(C)cc2c(=O)c1C#N. The summed E-state index contributed by atoms with van der Waals surface area (Å²) in [4.78, 5) is 25.8. The standard InChI is InChI=1S/C26H28N2O4S/c1-7-33-25-20(14-27)22(29)19-13-15(2)12-18(23(19)31-25)16(3)28-21-11-9-8-10-17(21)24(30)32-26(4,5)6/h8-13,16,28H,7H2,1-6H3. The van der Waals surface area contributed by atoms with Crippen LogP contribution in [0.1, 0.15) is 67.7 Å². The molecule has 1 aromatic heterocycles. The van der Waals surface area contributed by atoms with Crippen molar-refractivity contribution < 1.29 is 13.9 Å². The van der Waals surface area contributed by atoms with Gasteiger partial charge in [-0.05, 0) is 64.1 Å². The van der Waals surface area contributed by atoms with Crippen molar-refractivity contribution in [2.24, 2.45) is 0 Å². The first-order valence-corrected chi connectivity index (χ1v) is 11.8. The third-order valence-electron chi connectivity index (χ3n) is 4.90. The number of ether oxygens (including phenoxy) is 1. The van der Waals surface area contributed by atoms with Gasteiger partial charge in [0.05, 0.1) is 17.0 Å². The van der Waals surface area contributed by atoms with Crippen LogP contribution in [-0.4, -0.2) is 17.3 Å². The molecule has 3 rings (SSSR count). The van der Waals surface area contributed by atoms with Crippen LogP contribution >= 0.6 is 11.8 Å². The van der Waals surface area contributed by atoms with E-state index in [9.17, 15) is 14.9 Å². The van der Waals surface area contributed by atoms with Crippen molar-refractivity contribution in [3.05, 3.63) is 68.9 Å². The van der Waals surface area contributed by atoms with E-state index in [0.717, 1.165) is 11.1 Å². The zero-order chi connectivity index (χ0) is 24.3. The smallest absolute Gasteiger partial charge is 0.340 e. The highest BCUT2D eigenvalue weighted by molar-refractivity contribution is 7.99. The van der Waals surface area contributed by atoms with Gasteiger partial charge in [0.1, 0.15) is 22.8 Å². The average molecular weight is 465 g/mol. The number of rotatable bonds is 6. The lowest BCUT2D eigenvalue weighted by molar-refractivity contribution is 0.00706. The maximum Gasteiger partial charge on any atom is 0.340 e. The van der Waals surface area contributed by atoms with Crippen LogP contribution in [0.4, 0.5) is 5.69 Å². The summed E-state index contributed by atoms with van der Waals surface area (Å²) in [6.07, 6.45) is 0. The van der Waals surface area contributed by atoms with Gasteiger partial charge in [0, 0.05) is 11.3 Å². The van der Waals surface area contributed by atoms with Gasteiger partial charge < -0.3 is 14.5 Å². The molecule has 0 bridgehead atoms. The number of anilines is 1. The zero-order valence-electron chi connectivity index (χ0n) is 19.7. The number of hydrogen-bond donors (Lipinski definition) is 1. The van der Waals surface area contributed by atoms with Crippen molar-refractivity contribution in [2.45, 2.75) is 58.3 Å². The fourth-order valence-electron chi connectivity index (χ4n) is 3.54. The molecule has 0 spiro atoms. The Balaban J connectivity index is 2.09. The van der Waals surface area contributed by atoms with Gasteiger partial charge >= 0.3 is 5.97 Å². The molecule has 0 amide bonds. The number of hydrogen-bond acceptors (Lipinski definition) is 7. The first-order chi connectivity index (χ1) is 15.6. The van der Waals surface area contributed by atoms with Gasteiger partial charge in [-0.1, -0.05) is 36.9 Å². The summed E-state index contributed by atoms with van der Waals surface area (Å²) >= 11 is 1.32. The van der Waals surface area contributed by atoms with Crippen LogP contribution in [0.5, 0.6) is 0 Å². The van der Waals surface area contributed by atoms with Crippen molar-refractivity contribution in [1.29, 1.82) is 5.26 Å². The summed E-state index contributed by atoms with van der Waals surface area (Å²) in [5, 5.41) is 13.6. The number of nitrogens with zero attached hydrogens (tertiary/aromatic N) is 1. The lowest BCUT2D eigenvalue weighted by Gasteiger charge is -2.23. The van der Waals surface area contributed by atoms with E-state index < -0.39 is 11.6 Å². The Morgan fingerprint density at radius 2 is 1.97 bits per heavy atom. The maximum atomic E-state index is 13.0. The molecule has 0 aliphatic heterocycles. The summed E-state index contributed by atoms with van der Waals surface area (Å²) in [5.41, 5.74) is 2.21. The van der Waals surface area contributed by atoms with Gasteiger partial charge in [-0.2, -0.15) is 5.26 Å². The number of thioether (sulfide) groups is 1. The Hall–Kier alpha value is -3.24. The normalized spacial score (nSPS) is 12.3. The Kier molecular flexibility index (Phi) is 7.19. The van der Waals surface area contributed by atoms with Gasteiger partial charge in [-0.15, -0.1) is 0 Å². The number of aryl methyl sites for hydroxylation is 1. The first-order valence-electron chi connectivity index (χ1n) is 10.8. The number of para-hydroxylation sites is 1. The van der Waals surface area contributed by atoms with Gasteiger partial charge in [-0.3, -0.25) is 4.79 Å². The van der Waals surface area contributed by atoms with Gasteiger partial charge in [0.2, 0.25) is 5.43 Å². The van der Waals surface area contributed by atoms with Crippen molar-refractivity contribution in [3.63, 3.8) is 0 Å². The molecule has 0 saturated heterocycles. The largest absolute Gasteiger partial charge is 0.456 e. The summed E-state index contributed by atoms with van der Waals surface area (Å²) < 4.78 is 11.7. The number of carbonyl (C=O) groups is 1. The molecule has 2 aromatic carbocycles. The number of nitrogens with one attached hydrogen (secondary N) is 1. The average Bonchev–Trinajstić information content (AvgIpc) is 2.73. The molecule has 0 aliphatic rings. The predicted molar refractivity (Wildman–Crippen MR) is 132 cm³/mol. The summed E-state index contributed by atoms with van der Waals surface area (Å²) in [5.74, 6) is 0.250. The highest BCUT2D eigenvalue weighted by Crippen LogP contribution is 2.32. The highest BCUT2D eigenvalue weighted by Gasteiger charge is 2.23. The Morgan fingerprint density at radius 1 is 1.27 bits per heavy atom. The van der Waals surface area contributed by atoms with Crippen molar-refractivity contribution >= 4 is 34.4 Å². The third-order valence-corrected chi connectivity index (χ3v) is 5.74. The second-order valence-corrected chi connectivity index (χ2v) is 10.0. The van der Waals surface area contributed by atoms with E-state index in [4.69, 9.17) is 9.15 Å². The van der Waals surface area contributed by atoms with E-state index in [1.165, 1.54) is 11.8 Å². The highest BCUT2D eigenvalue weighted by atomic mass is 32.2. The number of fused-ring (bicyclic) bond motifs is 1. The molecule has 7 heteroatoms. The minimum atomic E-state index is -0.613. The van der Waals surface area contributed by atoms with Gasteiger partial charge in [-0.25, -0.2) is 4.79 Å². The lowest BCUT2D eigenvalue weighted by atomic mass is 10.00. The predicted octanol–water partition coefficient (Wildman–Crippen LogP) is 6.21. The molecule has 6 nitrogen and oxygen atoms in total. The van der Waals surface area contributed by atoms with Crippen molar-refractivity contribution in [3.8, 4) is 6.07 Å². The Morgan fingerprint density at radius 3 is 2.61 bits per heavy atom. The van der Waals surface area contributed by atoms with Gasteiger partial charge in [0.15, 0.2) is 5.09 Å². The number of nitriles is 1.